The van der Waals surface area contributed by atoms with Crippen LogP contribution in [0.1, 0.15) is 63.0 Å². The van der Waals surface area contributed by atoms with Crippen LogP contribution < -0.4 is 5.32 Å². The summed E-state index contributed by atoms with van der Waals surface area (Å²) in [7, 11) is 0. The summed E-state index contributed by atoms with van der Waals surface area (Å²) in [4.78, 5) is 60.5. The molecule has 0 bridgehead atoms. The van der Waals surface area contributed by atoms with Gasteiger partial charge in [-0.1, -0.05) is 24.3 Å². The number of nitrogens with one attached hydrogen (secondary N) is 1. The third kappa shape index (κ3) is 9.34. The molecule has 0 unspecified atom stereocenters. The minimum Gasteiger partial charge on any atom is -0.507 e. The van der Waals surface area contributed by atoms with Crippen molar-refractivity contribution in [1.82, 2.24) is 19.6 Å². The molecule has 0 spiro atoms. The number of anilines is 1. The zero-order valence-electron chi connectivity index (χ0n) is 29.4. The summed E-state index contributed by atoms with van der Waals surface area (Å²) in [6.07, 6.45) is 4.73. The molecule has 2 aromatic rings. The summed E-state index contributed by atoms with van der Waals surface area (Å²) < 4.78 is 11.7. The van der Waals surface area contributed by atoms with Gasteiger partial charge in [-0.3, -0.25) is 9.59 Å². The number of para-hydroxylation sites is 1. The van der Waals surface area contributed by atoms with Crippen molar-refractivity contribution in [2.45, 2.75) is 82.9 Å². The van der Waals surface area contributed by atoms with E-state index < -0.39 is 12.2 Å². The van der Waals surface area contributed by atoms with Crippen molar-refractivity contribution in [3.8, 4) is 5.75 Å². The summed E-state index contributed by atoms with van der Waals surface area (Å²) in [5, 5.41) is 13.1. The highest BCUT2D eigenvalue weighted by molar-refractivity contribution is 9.10. The molecule has 276 valence electrons. The Bertz CT molecular complexity index is 1550. The van der Waals surface area contributed by atoms with Gasteiger partial charge >= 0.3 is 18.1 Å². The molecule has 4 aliphatic heterocycles. The summed E-state index contributed by atoms with van der Waals surface area (Å²) >= 11 is 3.36. The number of ether oxygens (including phenoxy) is 2. The quantitative estimate of drug-likeness (QED) is 0.324. The van der Waals surface area contributed by atoms with Crippen LogP contribution in [0.15, 0.2) is 46.9 Å². The van der Waals surface area contributed by atoms with Crippen LogP contribution in [-0.4, -0.2) is 119 Å². The number of halogens is 1. The Hall–Kier alpha value is -3.84. The lowest BCUT2D eigenvalue weighted by molar-refractivity contribution is -0.144. The average Bonchev–Trinajstić information content (AvgIpc) is 3.31. The Morgan fingerprint density at radius 3 is 2.29 bits per heavy atom. The fourth-order valence-corrected chi connectivity index (χ4v) is 8.42. The molecule has 12 nitrogen and oxygen atoms in total. The molecule has 0 aliphatic carbocycles. The number of nitrogens with zero attached hydrogens (tertiary/aromatic N) is 4. The van der Waals surface area contributed by atoms with Gasteiger partial charge in [0.15, 0.2) is 6.10 Å². The molecule has 6 rings (SSSR count). The number of carbonyl (C=O) groups excluding carboxylic acids is 4. The molecule has 0 radical (unpaired) electrons. The minimum absolute atomic E-state index is 0.000195. The van der Waals surface area contributed by atoms with E-state index in [2.05, 4.69) is 26.1 Å². The van der Waals surface area contributed by atoms with Crippen LogP contribution in [0.5, 0.6) is 5.75 Å². The second-order valence-electron chi connectivity index (χ2n) is 14.2. The Labute approximate surface area is 308 Å². The minimum atomic E-state index is -1.02. The molecule has 0 aromatic heterocycles. The molecule has 2 aromatic carbocycles. The van der Waals surface area contributed by atoms with Crippen molar-refractivity contribution in [3.63, 3.8) is 0 Å². The second-order valence-corrected chi connectivity index (χ2v) is 15.0. The van der Waals surface area contributed by atoms with E-state index in [4.69, 9.17) is 9.47 Å². The highest BCUT2D eigenvalue weighted by atomic mass is 79.9. The van der Waals surface area contributed by atoms with Crippen molar-refractivity contribution in [2.24, 2.45) is 5.92 Å². The maximum absolute atomic E-state index is 14.0. The lowest BCUT2D eigenvalue weighted by Crippen LogP contribution is -2.53. The second kappa shape index (κ2) is 17.1. The predicted octanol–water partition coefficient (Wildman–Crippen LogP) is 5.41. The number of amides is 4. The highest BCUT2D eigenvalue weighted by Gasteiger charge is 2.37. The molecule has 51 heavy (non-hydrogen) atoms. The molecule has 2 N–H and O–H groups in total. The Balaban J connectivity index is 1.03. The Morgan fingerprint density at radius 1 is 0.902 bits per heavy atom. The molecular weight excluding hydrogens is 718 g/mol. The third-order valence-electron chi connectivity index (χ3n) is 11.0. The summed E-state index contributed by atoms with van der Waals surface area (Å²) in [5.41, 5.74) is 2.72. The van der Waals surface area contributed by atoms with Gasteiger partial charge in [0.1, 0.15) is 5.75 Å². The molecule has 4 heterocycles. The first kappa shape index (κ1) is 36.9. The average molecular weight is 769 g/mol. The molecule has 1 atom stereocenters. The van der Waals surface area contributed by atoms with Crippen molar-refractivity contribution < 1.29 is 33.8 Å². The van der Waals surface area contributed by atoms with Gasteiger partial charge in [0.25, 0.3) is 5.91 Å². The van der Waals surface area contributed by atoms with Crippen LogP contribution >= 0.6 is 15.9 Å². The third-order valence-corrected chi connectivity index (χ3v) is 11.6. The summed E-state index contributed by atoms with van der Waals surface area (Å²) in [5.74, 6) is 0.121. The monoisotopic (exact) mass is 767 g/mol. The van der Waals surface area contributed by atoms with Crippen LogP contribution in [0.25, 0.3) is 0 Å². The van der Waals surface area contributed by atoms with Gasteiger partial charge in [-0.05, 0) is 116 Å². The van der Waals surface area contributed by atoms with E-state index in [-0.39, 0.29) is 36.1 Å². The maximum atomic E-state index is 14.0. The molecular formula is C38H50BrN5O7. The number of phenols is 1. The Morgan fingerprint density at radius 2 is 1.59 bits per heavy atom. The largest absolute Gasteiger partial charge is 0.507 e. The maximum Gasteiger partial charge on any atom is 0.410 e. The van der Waals surface area contributed by atoms with Crippen LogP contribution in [0.2, 0.25) is 0 Å². The van der Waals surface area contributed by atoms with Crippen LogP contribution in [0.4, 0.5) is 15.3 Å². The zero-order valence-corrected chi connectivity index (χ0v) is 31.0. The van der Waals surface area contributed by atoms with E-state index in [1.165, 1.54) is 0 Å². The number of hydrogen-bond acceptors (Lipinski definition) is 8. The first-order valence-corrected chi connectivity index (χ1v) is 19.2. The van der Waals surface area contributed by atoms with Gasteiger partial charge in [0.05, 0.1) is 11.1 Å². The van der Waals surface area contributed by atoms with Gasteiger partial charge in [0.2, 0.25) is 0 Å². The topological polar surface area (TPSA) is 132 Å². The summed E-state index contributed by atoms with van der Waals surface area (Å²) in [6, 6.07) is 13.2. The van der Waals surface area contributed by atoms with E-state index in [0.29, 0.717) is 75.0 Å². The van der Waals surface area contributed by atoms with Gasteiger partial charge in [-0.25, -0.2) is 9.59 Å². The number of urea groups is 1. The van der Waals surface area contributed by atoms with E-state index >= 15 is 0 Å². The van der Waals surface area contributed by atoms with Crippen LogP contribution in [0.3, 0.4) is 0 Å². The predicted molar refractivity (Wildman–Crippen MR) is 195 cm³/mol. The van der Waals surface area contributed by atoms with Crippen molar-refractivity contribution in [1.29, 1.82) is 0 Å². The SMILES string of the molecule is CCOC(=O)CC1CCN(C2CCN(C(=O)[C@@H](Cc3ccc(O)c(Br)c3)OC(=O)N3CCC(N4CCc5ccccc5NC4=O)CC3)CC2)CC1. The molecule has 0 saturated carbocycles. The highest BCUT2D eigenvalue weighted by Crippen LogP contribution is 2.29. The number of hydrogen-bond donors (Lipinski definition) is 2. The van der Waals surface area contributed by atoms with Crippen LogP contribution in [0, 0.1) is 5.92 Å². The summed E-state index contributed by atoms with van der Waals surface area (Å²) in [6.45, 7) is 6.73. The van der Waals surface area contributed by atoms with E-state index in [9.17, 15) is 24.3 Å². The fourth-order valence-electron chi connectivity index (χ4n) is 8.00. The number of esters is 1. The van der Waals surface area contributed by atoms with Crippen molar-refractivity contribution in [2.75, 3.05) is 57.7 Å². The van der Waals surface area contributed by atoms with Crippen LogP contribution in [-0.2, 0) is 31.9 Å². The van der Waals surface area contributed by atoms with Gasteiger partial charge in [-0.15, -0.1) is 0 Å². The Kier molecular flexibility index (Phi) is 12.4. The number of piperidine rings is 3. The molecule has 4 amide bonds. The number of fused-ring (bicyclic) bond motifs is 1. The standard InChI is InChI=1S/C38H50BrN5O7/c1-2-50-35(46)25-26-9-16-41(17-10-26)29-12-18-42(19-13-29)36(47)34(24-27-7-8-33(45)31(39)23-27)51-38(49)43-20-14-30(15-21-43)44-22-11-28-5-3-4-6-32(28)40-37(44)48/h3-8,23,26,29-30,34,45H,2,9-22,24-25H2,1H3,(H,40,48)/t34-/m1/s1. The van der Waals surface area contributed by atoms with Crippen molar-refractivity contribution in [3.05, 3.63) is 58.1 Å². The first-order chi connectivity index (χ1) is 24.7. The van der Waals surface area contributed by atoms with E-state index in [0.717, 1.165) is 62.0 Å². The van der Waals surface area contributed by atoms with Gasteiger partial charge in [0, 0.05) is 63.3 Å². The number of phenolic OH excluding ortho intramolecular Hbond substituents is 1. The smallest absolute Gasteiger partial charge is 0.410 e. The first-order valence-electron chi connectivity index (χ1n) is 18.5. The number of rotatable bonds is 9. The van der Waals surface area contributed by atoms with Gasteiger partial charge in [-0.2, -0.15) is 0 Å². The van der Waals surface area contributed by atoms with E-state index in [1.807, 2.05) is 41.0 Å². The molecule has 3 saturated heterocycles. The van der Waals surface area contributed by atoms with Gasteiger partial charge < -0.3 is 39.5 Å². The molecule has 3 fully saturated rings. The van der Waals surface area contributed by atoms with E-state index in [1.54, 1.807) is 23.1 Å². The lowest BCUT2D eigenvalue weighted by atomic mass is 9.91. The number of benzene rings is 2. The normalized spacial score (nSPS) is 20.3. The fraction of sp³-hybridized carbons (Fsp3) is 0.579. The number of aromatic hydroxyl groups is 1. The molecule has 13 heteroatoms. The molecule has 4 aliphatic rings. The lowest BCUT2D eigenvalue weighted by Gasteiger charge is -2.42. The number of likely N-dealkylation sites (tertiary alicyclic amines) is 3. The van der Waals surface area contributed by atoms with Crippen molar-refractivity contribution >= 4 is 45.6 Å². The number of carbonyl (C=O) groups is 4. The zero-order chi connectivity index (χ0) is 35.9.